The molecule has 1 aliphatic heterocycles. The maximum absolute atomic E-state index is 13.8. The molecular formula is C16H20ClF3N2. The number of piperazine rings is 1. The van der Waals surface area contributed by atoms with Crippen LogP contribution in [0.2, 0.25) is 5.02 Å². The van der Waals surface area contributed by atoms with Gasteiger partial charge in [0.1, 0.15) is 5.82 Å². The quantitative estimate of drug-likeness (QED) is 0.904. The van der Waals surface area contributed by atoms with E-state index in [2.05, 4.69) is 17.1 Å². The van der Waals surface area contributed by atoms with Crippen LogP contribution in [0.3, 0.4) is 0 Å². The van der Waals surface area contributed by atoms with Crippen molar-refractivity contribution in [3.8, 4) is 0 Å². The van der Waals surface area contributed by atoms with Gasteiger partial charge >= 0.3 is 0 Å². The molecule has 2 nitrogen and oxygen atoms in total. The van der Waals surface area contributed by atoms with Gasteiger partial charge in [-0.05, 0) is 30.5 Å². The molecule has 2 fully saturated rings. The van der Waals surface area contributed by atoms with Crippen LogP contribution in [0.5, 0.6) is 0 Å². The van der Waals surface area contributed by atoms with E-state index in [1.54, 1.807) is 6.07 Å². The zero-order valence-electron chi connectivity index (χ0n) is 12.5. The van der Waals surface area contributed by atoms with Crippen molar-refractivity contribution in [3.63, 3.8) is 0 Å². The van der Waals surface area contributed by atoms with E-state index in [0.29, 0.717) is 6.04 Å². The zero-order valence-corrected chi connectivity index (χ0v) is 13.2. The molecule has 1 saturated carbocycles. The molecular weight excluding hydrogens is 313 g/mol. The highest BCUT2D eigenvalue weighted by molar-refractivity contribution is 6.30. The molecule has 0 bridgehead atoms. The predicted octanol–water partition coefficient (Wildman–Crippen LogP) is 3.86. The lowest BCUT2D eigenvalue weighted by molar-refractivity contribution is -0.134. The van der Waals surface area contributed by atoms with E-state index >= 15 is 0 Å². The summed E-state index contributed by atoms with van der Waals surface area (Å²) in [5.41, 5.74) is 0.747. The van der Waals surface area contributed by atoms with Crippen LogP contribution in [0.25, 0.3) is 0 Å². The molecule has 0 aromatic heterocycles. The maximum Gasteiger partial charge on any atom is 0.248 e. The van der Waals surface area contributed by atoms with Gasteiger partial charge < -0.3 is 5.32 Å². The average Bonchev–Trinajstić information content (AvgIpc) is 2.41. The molecule has 0 radical (unpaired) electrons. The Labute approximate surface area is 133 Å². The lowest BCUT2D eigenvalue weighted by atomic mass is 9.73. The van der Waals surface area contributed by atoms with Crippen LogP contribution in [-0.4, -0.2) is 36.5 Å². The second-order valence-corrected chi connectivity index (χ2v) is 6.90. The van der Waals surface area contributed by atoms with Gasteiger partial charge in [0.2, 0.25) is 5.92 Å². The number of nitrogens with zero attached hydrogens (tertiary/aromatic N) is 1. The molecule has 1 aromatic rings. The summed E-state index contributed by atoms with van der Waals surface area (Å²) in [6, 6.07) is 4.81. The highest BCUT2D eigenvalue weighted by atomic mass is 35.5. The van der Waals surface area contributed by atoms with E-state index in [1.165, 1.54) is 12.1 Å². The third kappa shape index (κ3) is 3.26. The molecule has 0 amide bonds. The first-order valence-corrected chi connectivity index (χ1v) is 8.04. The minimum absolute atomic E-state index is 0.0649. The summed E-state index contributed by atoms with van der Waals surface area (Å²) >= 11 is 5.75. The standard InChI is InChI=1S/C16H20ClF3N2/c1-10-9-22(5-4-21-10)15(12-7-16(19,20)8-12)11-2-3-13(17)14(18)6-11/h2-3,6,10,12,15,21H,4-5,7-9H2,1H3. The third-order valence-electron chi connectivity index (χ3n) is 4.65. The molecule has 22 heavy (non-hydrogen) atoms. The molecule has 0 spiro atoms. The number of hydrogen-bond acceptors (Lipinski definition) is 2. The molecule has 1 saturated heterocycles. The fourth-order valence-electron chi connectivity index (χ4n) is 3.62. The van der Waals surface area contributed by atoms with Crippen molar-refractivity contribution in [2.75, 3.05) is 19.6 Å². The van der Waals surface area contributed by atoms with Gasteiger partial charge in [-0.2, -0.15) is 0 Å². The van der Waals surface area contributed by atoms with Crippen molar-refractivity contribution in [2.24, 2.45) is 5.92 Å². The minimum Gasteiger partial charge on any atom is -0.312 e. The smallest absolute Gasteiger partial charge is 0.248 e. The number of halogens is 4. The predicted molar refractivity (Wildman–Crippen MR) is 80.9 cm³/mol. The van der Waals surface area contributed by atoms with E-state index in [0.717, 1.165) is 25.2 Å². The van der Waals surface area contributed by atoms with Crippen molar-refractivity contribution in [1.82, 2.24) is 10.2 Å². The molecule has 2 aliphatic rings. The number of rotatable bonds is 3. The van der Waals surface area contributed by atoms with Crippen LogP contribution in [0.15, 0.2) is 18.2 Å². The fraction of sp³-hybridized carbons (Fsp3) is 0.625. The summed E-state index contributed by atoms with van der Waals surface area (Å²) in [4.78, 5) is 2.20. The van der Waals surface area contributed by atoms with Gasteiger partial charge in [0.15, 0.2) is 0 Å². The zero-order chi connectivity index (χ0) is 15.9. The first-order chi connectivity index (χ1) is 10.4. The lowest BCUT2D eigenvalue weighted by Crippen LogP contribution is -2.54. The van der Waals surface area contributed by atoms with Crippen molar-refractivity contribution in [3.05, 3.63) is 34.6 Å². The van der Waals surface area contributed by atoms with Gasteiger partial charge in [0.25, 0.3) is 0 Å². The molecule has 3 rings (SSSR count). The summed E-state index contributed by atoms with van der Waals surface area (Å²) in [7, 11) is 0. The molecule has 1 N–H and O–H groups in total. The number of nitrogens with one attached hydrogen (secondary N) is 1. The molecule has 2 unspecified atom stereocenters. The Hall–Kier alpha value is -0.780. The van der Waals surface area contributed by atoms with E-state index in [9.17, 15) is 13.2 Å². The summed E-state index contributed by atoms with van der Waals surface area (Å²) in [5.74, 6) is -3.20. The van der Waals surface area contributed by atoms with Gasteiger partial charge in [-0.15, -0.1) is 0 Å². The first kappa shape index (κ1) is 16.1. The number of benzene rings is 1. The normalized spacial score (nSPS) is 27.4. The fourth-order valence-corrected chi connectivity index (χ4v) is 3.74. The van der Waals surface area contributed by atoms with Gasteiger partial charge in [-0.3, -0.25) is 4.90 Å². The SMILES string of the molecule is CC1CN(C(c2ccc(Cl)c(F)c2)C2CC(F)(F)C2)CCN1. The lowest BCUT2D eigenvalue weighted by Gasteiger charge is -2.47. The van der Waals surface area contributed by atoms with Crippen LogP contribution in [0.4, 0.5) is 13.2 Å². The molecule has 122 valence electrons. The van der Waals surface area contributed by atoms with Gasteiger partial charge in [0, 0.05) is 44.6 Å². The largest absolute Gasteiger partial charge is 0.312 e. The van der Waals surface area contributed by atoms with Crippen LogP contribution in [0, 0.1) is 11.7 Å². The van der Waals surface area contributed by atoms with Crippen molar-refractivity contribution < 1.29 is 13.2 Å². The highest BCUT2D eigenvalue weighted by Gasteiger charge is 2.50. The Morgan fingerprint density at radius 3 is 2.68 bits per heavy atom. The summed E-state index contributed by atoms with van der Waals surface area (Å²) in [5, 5.41) is 3.41. The van der Waals surface area contributed by atoms with Crippen LogP contribution in [0.1, 0.15) is 31.4 Å². The Morgan fingerprint density at radius 2 is 2.09 bits per heavy atom. The molecule has 1 aromatic carbocycles. The summed E-state index contributed by atoms with van der Waals surface area (Å²) < 4.78 is 40.5. The van der Waals surface area contributed by atoms with E-state index < -0.39 is 11.7 Å². The Balaban J connectivity index is 1.87. The topological polar surface area (TPSA) is 15.3 Å². The van der Waals surface area contributed by atoms with Crippen molar-refractivity contribution in [2.45, 2.75) is 37.8 Å². The molecule has 2 atom stereocenters. The summed E-state index contributed by atoms with van der Waals surface area (Å²) in [6.45, 7) is 4.44. The Morgan fingerprint density at radius 1 is 1.36 bits per heavy atom. The van der Waals surface area contributed by atoms with Gasteiger partial charge in [0.05, 0.1) is 5.02 Å². The second-order valence-electron chi connectivity index (χ2n) is 6.49. The minimum atomic E-state index is -2.58. The van der Waals surface area contributed by atoms with E-state index in [4.69, 9.17) is 11.6 Å². The van der Waals surface area contributed by atoms with E-state index in [1.807, 2.05) is 0 Å². The van der Waals surface area contributed by atoms with Crippen LogP contribution >= 0.6 is 11.6 Å². The highest BCUT2D eigenvalue weighted by Crippen LogP contribution is 2.50. The second kappa shape index (κ2) is 6.02. The average molecular weight is 333 g/mol. The van der Waals surface area contributed by atoms with Crippen molar-refractivity contribution >= 4 is 11.6 Å². The maximum atomic E-state index is 13.8. The number of alkyl halides is 2. The van der Waals surface area contributed by atoms with Crippen LogP contribution in [-0.2, 0) is 0 Å². The summed E-state index contributed by atoms with van der Waals surface area (Å²) in [6.07, 6.45) is -0.250. The molecule has 1 aliphatic carbocycles. The Bertz CT molecular complexity index is 544. The monoisotopic (exact) mass is 332 g/mol. The first-order valence-electron chi connectivity index (χ1n) is 7.66. The Kier molecular flexibility index (Phi) is 4.40. The molecule has 1 heterocycles. The number of hydrogen-bond donors (Lipinski definition) is 1. The van der Waals surface area contributed by atoms with Crippen LogP contribution < -0.4 is 5.32 Å². The van der Waals surface area contributed by atoms with Gasteiger partial charge in [-0.25, -0.2) is 13.2 Å². The molecule has 6 heteroatoms. The van der Waals surface area contributed by atoms with Crippen molar-refractivity contribution in [1.29, 1.82) is 0 Å². The van der Waals surface area contributed by atoms with E-state index in [-0.39, 0.29) is 29.8 Å². The van der Waals surface area contributed by atoms with Gasteiger partial charge in [-0.1, -0.05) is 17.7 Å². The third-order valence-corrected chi connectivity index (χ3v) is 4.95.